The molecule has 1 aliphatic rings. The highest BCUT2D eigenvalue weighted by atomic mass is 32.2. The second-order valence-electron chi connectivity index (χ2n) is 6.57. The highest BCUT2D eigenvalue weighted by Crippen LogP contribution is 2.26. The Balaban J connectivity index is 1.72. The maximum Gasteiger partial charge on any atom is 0.264 e. The number of methoxy groups -OCH3 is 1. The molecule has 8 nitrogen and oxygen atoms in total. The van der Waals surface area contributed by atoms with Crippen molar-refractivity contribution in [2.45, 2.75) is 11.8 Å². The van der Waals surface area contributed by atoms with Crippen molar-refractivity contribution in [3.63, 3.8) is 0 Å². The summed E-state index contributed by atoms with van der Waals surface area (Å²) in [7, 11) is -1.10. The summed E-state index contributed by atoms with van der Waals surface area (Å²) in [5.74, 6) is -0.140. The van der Waals surface area contributed by atoms with Crippen molar-refractivity contribution in [1.82, 2.24) is 14.5 Å². The Bertz CT molecular complexity index is 1020. The molecule has 3 rings (SSSR count). The van der Waals surface area contributed by atoms with Crippen LogP contribution in [0, 0.1) is 6.92 Å². The molecule has 29 heavy (non-hydrogen) atoms. The molecule has 10 heteroatoms. The van der Waals surface area contributed by atoms with Crippen molar-refractivity contribution in [3.05, 3.63) is 45.6 Å². The van der Waals surface area contributed by atoms with Gasteiger partial charge in [0, 0.05) is 36.6 Å². The average molecular weight is 438 g/mol. The molecule has 0 saturated carbocycles. The minimum atomic E-state index is -3.77. The van der Waals surface area contributed by atoms with E-state index in [9.17, 15) is 18.0 Å². The van der Waals surface area contributed by atoms with E-state index in [0.717, 1.165) is 4.88 Å². The number of thiophene rings is 1. The quantitative estimate of drug-likeness (QED) is 0.766. The molecule has 1 aromatic carbocycles. The van der Waals surface area contributed by atoms with E-state index < -0.39 is 10.0 Å². The van der Waals surface area contributed by atoms with E-state index in [2.05, 4.69) is 4.72 Å². The molecule has 0 bridgehead atoms. The van der Waals surface area contributed by atoms with Crippen LogP contribution < -0.4 is 9.46 Å². The third-order valence-electron chi connectivity index (χ3n) is 4.77. The van der Waals surface area contributed by atoms with Crippen LogP contribution >= 0.6 is 11.3 Å². The topological polar surface area (TPSA) is 96.0 Å². The zero-order chi connectivity index (χ0) is 21.2. The number of hydrogen-bond donors (Lipinski definition) is 1. The zero-order valence-electron chi connectivity index (χ0n) is 16.5. The smallest absolute Gasteiger partial charge is 0.264 e. The van der Waals surface area contributed by atoms with Crippen LogP contribution in [-0.2, 0) is 10.0 Å². The first-order valence-electron chi connectivity index (χ1n) is 9.03. The van der Waals surface area contributed by atoms with Crippen LogP contribution in [0.2, 0.25) is 0 Å². The van der Waals surface area contributed by atoms with Gasteiger partial charge in [0.2, 0.25) is 10.0 Å². The van der Waals surface area contributed by atoms with Gasteiger partial charge in [0.1, 0.15) is 10.6 Å². The highest BCUT2D eigenvalue weighted by Gasteiger charge is 2.27. The number of amides is 2. The summed E-state index contributed by atoms with van der Waals surface area (Å²) in [5, 5.41) is 0. The van der Waals surface area contributed by atoms with Gasteiger partial charge in [-0.15, -0.1) is 11.3 Å². The van der Waals surface area contributed by atoms with Gasteiger partial charge >= 0.3 is 0 Å². The third kappa shape index (κ3) is 4.44. The second kappa shape index (κ2) is 8.52. The molecule has 0 spiro atoms. The molecule has 0 unspecified atom stereocenters. The zero-order valence-corrected chi connectivity index (χ0v) is 18.1. The van der Waals surface area contributed by atoms with Gasteiger partial charge in [-0.05, 0) is 44.3 Å². The summed E-state index contributed by atoms with van der Waals surface area (Å²) in [4.78, 5) is 30.5. The standard InChI is InChI=1S/C19H23N3O5S2/c1-13-4-7-16(28-13)19(24)22-10-8-21(9-11-22)18(23)14-5-6-15(27-3)17(12-14)29(25,26)20-2/h4-7,12,20H,8-11H2,1-3H3. The molecule has 1 fully saturated rings. The lowest BCUT2D eigenvalue weighted by atomic mass is 10.1. The molecule has 1 N–H and O–H groups in total. The normalized spacial score (nSPS) is 14.7. The minimum Gasteiger partial charge on any atom is -0.495 e. The number of rotatable bonds is 5. The fourth-order valence-electron chi connectivity index (χ4n) is 3.13. The van der Waals surface area contributed by atoms with Gasteiger partial charge < -0.3 is 14.5 Å². The molecule has 2 heterocycles. The fourth-order valence-corrected chi connectivity index (χ4v) is 4.88. The van der Waals surface area contributed by atoms with Crippen LogP contribution in [0.5, 0.6) is 5.75 Å². The maximum atomic E-state index is 12.9. The first-order valence-corrected chi connectivity index (χ1v) is 11.3. The van der Waals surface area contributed by atoms with Crippen LogP contribution in [0.15, 0.2) is 35.2 Å². The molecule has 0 atom stereocenters. The first-order chi connectivity index (χ1) is 13.8. The lowest BCUT2D eigenvalue weighted by Crippen LogP contribution is -2.50. The molecule has 0 radical (unpaired) electrons. The predicted molar refractivity (Wildman–Crippen MR) is 110 cm³/mol. The molecule has 1 aliphatic heterocycles. The van der Waals surface area contributed by atoms with E-state index >= 15 is 0 Å². The van der Waals surface area contributed by atoms with Crippen LogP contribution in [0.1, 0.15) is 24.9 Å². The minimum absolute atomic E-state index is 0.0259. The monoisotopic (exact) mass is 437 g/mol. The van der Waals surface area contributed by atoms with Crippen LogP contribution in [-0.4, -0.2) is 70.4 Å². The van der Waals surface area contributed by atoms with Crippen LogP contribution in [0.4, 0.5) is 0 Å². The predicted octanol–water partition coefficient (Wildman–Crippen LogP) is 1.57. The molecular formula is C19H23N3O5S2. The van der Waals surface area contributed by atoms with E-state index in [4.69, 9.17) is 4.74 Å². The lowest BCUT2D eigenvalue weighted by Gasteiger charge is -2.34. The van der Waals surface area contributed by atoms with Gasteiger partial charge in [-0.25, -0.2) is 13.1 Å². The number of nitrogens with one attached hydrogen (secondary N) is 1. The Morgan fingerprint density at radius 2 is 1.66 bits per heavy atom. The van der Waals surface area contributed by atoms with Crippen molar-refractivity contribution >= 4 is 33.2 Å². The number of carbonyl (C=O) groups is 2. The molecule has 0 aliphatic carbocycles. The van der Waals surface area contributed by atoms with Crippen molar-refractivity contribution in [3.8, 4) is 5.75 Å². The molecule has 2 aromatic rings. The van der Waals surface area contributed by atoms with Crippen LogP contribution in [0.3, 0.4) is 0 Å². The SMILES string of the molecule is CNS(=O)(=O)c1cc(C(=O)N2CCN(C(=O)c3ccc(C)s3)CC2)ccc1OC. The summed E-state index contributed by atoms with van der Waals surface area (Å²) in [5.41, 5.74) is 0.258. The van der Waals surface area contributed by atoms with E-state index in [1.54, 1.807) is 15.9 Å². The van der Waals surface area contributed by atoms with E-state index in [-0.39, 0.29) is 28.0 Å². The van der Waals surface area contributed by atoms with E-state index in [1.165, 1.54) is 37.6 Å². The van der Waals surface area contributed by atoms with Gasteiger partial charge in [-0.3, -0.25) is 9.59 Å². The Morgan fingerprint density at radius 1 is 1.03 bits per heavy atom. The molecule has 1 aromatic heterocycles. The molecule has 156 valence electrons. The molecular weight excluding hydrogens is 414 g/mol. The van der Waals surface area contributed by atoms with E-state index in [1.807, 2.05) is 19.1 Å². The largest absolute Gasteiger partial charge is 0.495 e. The number of piperazine rings is 1. The summed E-state index contributed by atoms with van der Waals surface area (Å²) in [6.45, 7) is 3.58. The molecule has 2 amide bonds. The molecule has 1 saturated heterocycles. The Labute approximate surface area is 174 Å². The van der Waals surface area contributed by atoms with Crippen LogP contribution in [0.25, 0.3) is 0 Å². The Hall–Kier alpha value is -2.43. The van der Waals surface area contributed by atoms with Gasteiger partial charge in [0.05, 0.1) is 12.0 Å². The maximum absolute atomic E-state index is 12.9. The van der Waals surface area contributed by atoms with Gasteiger partial charge in [-0.1, -0.05) is 0 Å². The number of sulfonamides is 1. The van der Waals surface area contributed by atoms with E-state index in [0.29, 0.717) is 31.1 Å². The van der Waals surface area contributed by atoms with Crippen molar-refractivity contribution in [1.29, 1.82) is 0 Å². The number of nitrogens with zero attached hydrogens (tertiary/aromatic N) is 2. The number of ether oxygens (including phenoxy) is 1. The Morgan fingerprint density at radius 3 is 2.17 bits per heavy atom. The lowest BCUT2D eigenvalue weighted by molar-refractivity contribution is 0.0538. The number of carbonyl (C=O) groups excluding carboxylic acids is 2. The highest BCUT2D eigenvalue weighted by molar-refractivity contribution is 7.89. The average Bonchev–Trinajstić information content (AvgIpc) is 3.18. The first kappa shape index (κ1) is 21.3. The van der Waals surface area contributed by atoms with Crippen molar-refractivity contribution in [2.75, 3.05) is 40.3 Å². The second-order valence-corrected chi connectivity index (χ2v) is 9.71. The summed E-state index contributed by atoms with van der Waals surface area (Å²) >= 11 is 1.46. The fraction of sp³-hybridized carbons (Fsp3) is 0.368. The van der Waals surface area contributed by atoms with Gasteiger partial charge in [0.15, 0.2) is 0 Å². The van der Waals surface area contributed by atoms with Crippen molar-refractivity contribution in [2.24, 2.45) is 0 Å². The number of benzene rings is 1. The van der Waals surface area contributed by atoms with Crippen molar-refractivity contribution < 1.29 is 22.7 Å². The summed E-state index contributed by atoms with van der Waals surface area (Å²) in [6.07, 6.45) is 0. The summed E-state index contributed by atoms with van der Waals surface area (Å²) in [6, 6.07) is 8.07. The Kier molecular flexibility index (Phi) is 6.25. The van der Waals surface area contributed by atoms with Gasteiger partial charge in [0.25, 0.3) is 11.8 Å². The summed E-state index contributed by atoms with van der Waals surface area (Å²) < 4.78 is 31.8. The van der Waals surface area contributed by atoms with Gasteiger partial charge in [-0.2, -0.15) is 0 Å². The third-order valence-corrected chi connectivity index (χ3v) is 7.20. The number of hydrogen-bond acceptors (Lipinski definition) is 6. The number of aryl methyl sites for hydroxylation is 1.